The van der Waals surface area contributed by atoms with Crippen LogP contribution in [0.2, 0.25) is 0 Å². The lowest BCUT2D eigenvalue weighted by Crippen LogP contribution is -2.45. The molecule has 1 saturated carbocycles. The van der Waals surface area contributed by atoms with Crippen LogP contribution in [0.1, 0.15) is 59.3 Å². The number of ether oxygens (including phenoxy) is 1. The molecular weight excluding hydrogens is 210 g/mol. The van der Waals surface area contributed by atoms with Crippen LogP contribution in [-0.2, 0) is 4.74 Å². The maximum Gasteiger partial charge on any atom is 0.0806 e. The molecule has 0 radical (unpaired) electrons. The van der Waals surface area contributed by atoms with E-state index in [2.05, 4.69) is 26.1 Å². The first kappa shape index (κ1) is 15.0. The fourth-order valence-corrected chi connectivity index (χ4v) is 2.82. The molecule has 0 unspecified atom stereocenters. The summed E-state index contributed by atoms with van der Waals surface area (Å²) in [6.07, 6.45) is 7.69. The van der Waals surface area contributed by atoms with E-state index in [0.29, 0.717) is 0 Å². The van der Waals surface area contributed by atoms with Crippen LogP contribution < -0.4 is 5.32 Å². The number of rotatable bonds is 7. The molecule has 1 aliphatic carbocycles. The van der Waals surface area contributed by atoms with E-state index in [9.17, 15) is 0 Å². The van der Waals surface area contributed by atoms with Gasteiger partial charge >= 0.3 is 0 Å². The van der Waals surface area contributed by atoms with Gasteiger partial charge in [0.05, 0.1) is 5.60 Å². The monoisotopic (exact) mass is 241 g/mol. The van der Waals surface area contributed by atoms with Crippen LogP contribution in [0.4, 0.5) is 0 Å². The summed E-state index contributed by atoms with van der Waals surface area (Å²) in [7, 11) is 2.04. The van der Waals surface area contributed by atoms with E-state index in [-0.39, 0.29) is 5.60 Å². The van der Waals surface area contributed by atoms with Crippen LogP contribution >= 0.6 is 0 Å². The minimum absolute atomic E-state index is 0.134. The van der Waals surface area contributed by atoms with Crippen molar-refractivity contribution in [3.8, 4) is 0 Å². The molecule has 0 heterocycles. The molecule has 0 aromatic carbocycles. The highest BCUT2D eigenvalue weighted by atomic mass is 16.5. The predicted molar refractivity (Wildman–Crippen MR) is 74.3 cm³/mol. The first-order chi connectivity index (χ1) is 8.12. The molecule has 17 heavy (non-hydrogen) atoms. The second-order valence-corrected chi connectivity index (χ2v) is 6.10. The van der Waals surface area contributed by atoms with Crippen molar-refractivity contribution in [1.82, 2.24) is 5.32 Å². The number of hydrogen-bond acceptors (Lipinski definition) is 2. The molecule has 0 atom stereocenters. The number of nitrogens with one attached hydrogen (secondary N) is 1. The summed E-state index contributed by atoms with van der Waals surface area (Å²) in [4.78, 5) is 0. The first-order valence-corrected chi connectivity index (χ1v) is 7.40. The number of likely N-dealkylation sites (N-methyl/N-ethyl adjacent to an activating group) is 1. The Bertz CT molecular complexity index is 195. The van der Waals surface area contributed by atoms with Gasteiger partial charge in [-0.05, 0) is 51.0 Å². The van der Waals surface area contributed by atoms with Crippen molar-refractivity contribution in [2.24, 2.45) is 11.8 Å². The first-order valence-electron chi connectivity index (χ1n) is 7.40. The molecule has 0 amide bonds. The molecule has 2 heteroatoms. The highest BCUT2D eigenvalue weighted by Crippen LogP contribution is 2.36. The largest absolute Gasteiger partial charge is 0.374 e. The Hall–Kier alpha value is -0.0800. The van der Waals surface area contributed by atoms with Crippen molar-refractivity contribution in [2.45, 2.75) is 64.9 Å². The van der Waals surface area contributed by atoms with Gasteiger partial charge in [0.25, 0.3) is 0 Å². The van der Waals surface area contributed by atoms with Gasteiger partial charge in [0.15, 0.2) is 0 Å². The molecule has 0 aliphatic heterocycles. The average Bonchev–Trinajstić information content (AvgIpc) is 2.30. The topological polar surface area (TPSA) is 21.3 Å². The molecule has 0 bridgehead atoms. The zero-order valence-electron chi connectivity index (χ0n) is 12.2. The van der Waals surface area contributed by atoms with Gasteiger partial charge in [-0.2, -0.15) is 0 Å². The number of hydrogen-bond donors (Lipinski definition) is 1. The fourth-order valence-electron chi connectivity index (χ4n) is 2.82. The molecule has 0 saturated heterocycles. The molecule has 2 nitrogen and oxygen atoms in total. The van der Waals surface area contributed by atoms with Gasteiger partial charge in [-0.3, -0.25) is 0 Å². The molecule has 0 aromatic heterocycles. The summed E-state index contributed by atoms with van der Waals surface area (Å²) in [6.45, 7) is 8.79. The highest BCUT2D eigenvalue weighted by molar-refractivity contribution is 4.88. The van der Waals surface area contributed by atoms with Crippen LogP contribution in [0.15, 0.2) is 0 Å². The summed E-state index contributed by atoms with van der Waals surface area (Å²) >= 11 is 0. The zero-order valence-corrected chi connectivity index (χ0v) is 12.2. The van der Waals surface area contributed by atoms with E-state index >= 15 is 0 Å². The van der Waals surface area contributed by atoms with Crippen LogP contribution in [0.25, 0.3) is 0 Å². The molecule has 102 valence electrons. The SMILES string of the molecule is CCC1CCC(CNC)(OCCC(C)C)CC1. The maximum atomic E-state index is 6.25. The third-order valence-electron chi connectivity index (χ3n) is 4.20. The Morgan fingerprint density at radius 1 is 1.29 bits per heavy atom. The van der Waals surface area contributed by atoms with Gasteiger partial charge in [0, 0.05) is 13.2 Å². The predicted octanol–water partition coefficient (Wildman–Crippen LogP) is 3.61. The van der Waals surface area contributed by atoms with Crippen molar-refractivity contribution in [1.29, 1.82) is 0 Å². The molecule has 0 aromatic rings. The van der Waals surface area contributed by atoms with E-state index in [1.54, 1.807) is 0 Å². The molecule has 1 aliphatic rings. The third kappa shape index (κ3) is 4.97. The van der Waals surface area contributed by atoms with Gasteiger partial charge in [0.2, 0.25) is 0 Å². The van der Waals surface area contributed by atoms with Crippen LogP contribution in [0.3, 0.4) is 0 Å². The summed E-state index contributed by atoms with van der Waals surface area (Å²) in [6, 6.07) is 0. The van der Waals surface area contributed by atoms with Gasteiger partial charge in [-0.1, -0.05) is 27.2 Å². The lowest BCUT2D eigenvalue weighted by Gasteiger charge is -2.40. The smallest absolute Gasteiger partial charge is 0.0806 e. The van der Waals surface area contributed by atoms with E-state index < -0.39 is 0 Å². The van der Waals surface area contributed by atoms with Crippen molar-refractivity contribution < 1.29 is 4.74 Å². The van der Waals surface area contributed by atoms with Crippen molar-refractivity contribution in [3.63, 3.8) is 0 Å². The normalized spacial score (nSPS) is 29.8. The third-order valence-corrected chi connectivity index (χ3v) is 4.20. The Balaban J connectivity index is 2.40. The van der Waals surface area contributed by atoms with Crippen LogP contribution in [0.5, 0.6) is 0 Å². The summed E-state index contributed by atoms with van der Waals surface area (Å²) in [5.74, 6) is 1.68. The molecular formula is C15H31NO. The lowest BCUT2D eigenvalue weighted by molar-refractivity contribution is -0.0785. The lowest BCUT2D eigenvalue weighted by atomic mass is 9.77. The fraction of sp³-hybridized carbons (Fsp3) is 1.00. The second kappa shape index (κ2) is 7.38. The van der Waals surface area contributed by atoms with Crippen molar-refractivity contribution in [2.75, 3.05) is 20.2 Å². The summed E-state index contributed by atoms with van der Waals surface area (Å²) in [5, 5.41) is 3.32. The maximum absolute atomic E-state index is 6.25. The minimum atomic E-state index is 0.134. The van der Waals surface area contributed by atoms with Crippen LogP contribution in [-0.4, -0.2) is 25.8 Å². The Kier molecular flexibility index (Phi) is 6.50. The Morgan fingerprint density at radius 3 is 2.41 bits per heavy atom. The molecule has 1 rings (SSSR count). The molecule has 0 spiro atoms. The quantitative estimate of drug-likeness (QED) is 0.735. The van der Waals surface area contributed by atoms with Gasteiger partial charge in [0.1, 0.15) is 0 Å². The van der Waals surface area contributed by atoms with E-state index in [1.807, 2.05) is 7.05 Å². The minimum Gasteiger partial charge on any atom is -0.374 e. The summed E-state index contributed by atoms with van der Waals surface area (Å²) < 4.78 is 6.25. The van der Waals surface area contributed by atoms with E-state index in [4.69, 9.17) is 4.74 Å². The molecule has 1 N–H and O–H groups in total. The van der Waals surface area contributed by atoms with E-state index in [1.165, 1.54) is 38.5 Å². The van der Waals surface area contributed by atoms with Gasteiger partial charge < -0.3 is 10.1 Å². The van der Waals surface area contributed by atoms with Crippen molar-refractivity contribution in [3.05, 3.63) is 0 Å². The summed E-state index contributed by atoms with van der Waals surface area (Å²) in [5.41, 5.74) is 0.134. The van der Waals surface area contributed by atoms with E-state index in [0.717, 1.165) is 25.0 Å². The molecule has 1 fully saturated rings. The van der Waals surface area contributed by atoms with Crippen molar-refractivity contribution >= 4 is 0 Å². The van der Waals surface area contributed by atoms with Gasteiger partial charge in [-0.15, -0.1) is 0 Å². The Labute approximate surface area is 108 Å². The standard InChI is InChI=1S/C15H31NO/c1-5-14-6-9-15(10-7-14,12-16-4)17-11-8-13(2)3/h13-14,16H,5-12H2,1-4H3. The average molecular weight is 241 g/mol. The van der Waals surface area contributed by atoms with Crippen LogP contribution in [0, 0.1) is 11.8 Å². The highest BCUT2D eigenvalue weighted by Gasteiger charge is 2.35. The second-order valence-electron chi connectivity index (χ2n) is 6.10. The Morgan fingerprint density at radius 2 is 1.94 bits per heavy atom. The van der Waals surface area contributed by atoms with Gasteiger partial charge in [-0.25, -0.2) is 0 Å². The zero-order chi connectivity index (χ0) is 12.7.